The first-order chi connectivity index (χ1) is 7.54. The smallest absolute Gasteiger partial charge is 0.320 e. The second-order valence-electron chi connectivity index (χ2n) is 3.75. The number of alkyl halides is 1. The molecule has 6 heteroatoms. The van der Waals surface area contributed by atoms with Gasteiger partial charge in [0.15, 0.2) is 0 Å². The average molecular weight is 341 g/mol. The molecule has 1 aliphatic rings. The molecule has 1 saturated heterocycles. The zero-order valence-corrected chi connectivity index (χ0v) is 11.5. The molecule has 1 fully saturated rings. The highest BCUT2D eigenvalue weighted by molar-refractivity contribution is 14.1. The summed E-state index contributed by atoms with van der Waals surface area (Å²) in [6.45, 7) is 2.23. The zero-order chi connectivity index (χ0) is 12.1. The number of amides is 1. The van der Waals surface area contributed by atoms with E-state index in [1.807, 2.05) is 29.5 Å². The Bertz CT molecular complexity index is 272. The van der Waals surface area contributed by atoms with Crippen LogP contribution in [0.4, 0.5) is 0 Å². The van der Waals surface area contributed by atoms with Gasteiger partial charge in [0, 0.05) is 6.54 Å². The molecule has 0 bridgehead atoms. The Balaban J connectivity index is 2.27. The lowest BCUT2D eigenvalue weighted by atomic mass is 10.2. The van der Waals surface area contributed by atoms with Crippen molar-refractivity contribution >= 4 is 34.5 Å². The van der Waals surface area contributed by atoms with Crippen molar-refractivity contribution in [2.45, 2.75) is 35.9 Å². The van der Waals surface area contributed by atoms with Gasteiger partial charge in [-0.2, -0.15) is 0 Å². The van der Waals surface area contributed by atoms with Crippen LogP contribution in [-0.4, -0.2) is 41.7 Å². The van der Waals surface area contributed by atoms with E-state index in [1.54, 1.807) is 0 Å². The normalized spacial score (nSPS) is 26.2. The van der Waals surface area contributed by atoms with Gasteiger partial charge in [-0.05, 0) is 19.8 Å². The zero-order valence-electron chi connectivity index (χ0n) is 9.36. The van der Waals surface area contributed by atoms with Crippen LogP contribution in [0.25, 0.3) is 0 Å². The number of carbonyl (C=O) groups excluding carboxylic acids is 2. The summed E-state index contributed by atoms with van der Waals surface area (Å²) >= 11 is 1.94. The fourth-order valence-electron chi connectivity index (χ4n) is 1.51. The number of methoxy groups -OCH3 is 1. The second kappa shape index (κ2) is 6.39. The Morgan fingerprint density at radius 2 is 2.25 bits per heavy atom. The number of rotatable bonds is 4. The monoisotopic (exact) mass is 341 g/mol. The van der Waals surface area contributed by atoms with Crippen LogP contribution in [0.3, 0.4) is 0 Å². The molecule has 16 heavy (non-hydrogen) atoms. The number of nitrogens with one attached hydrogen (secondary N) is 1. The standard InChI is InChI=1S/C10H16INO4/c1-6-3-4-8(16-6)9(13)12-5-7(11)10(14)15-2/h6-8H,3-5H2,1-2H3,(H,12,13). The van der Waals surface area contributed by atoms with Crippen LogP contribution in [0.1, 0.15) is 19.8 Å². The van der Waals surface area contributed by atoms with Crippen molar-refractivity contribution < 1.29 is 19.1 Å². The van der Waals surface area contributed by atoms with Crippen LogP contribution in [-0.2, 0) is 19.1 Å². The number of ether oxygens (including phenoxy) is 2. The molecule has 1 rings (SSSR count). The summed E-state index contributed by atoms with van der Waals surface area (Å²) in [6, 6.07) is 0. The average Bonchev–Trinajstić information content (AvgIpc) is 2.71. The molecule has 0 spiro atoms. The topological polar surface area (TPSA) is 64.6 Å². The summed E-state index contributed by atoms with van der Waals surface area (Å²) in [7, 11) is 1.33. The molecule has 0 aromatic heterocycles. The quantitative estimate of drug-likeness (QED) is 0.463. The summed E-state index contributed by atoms with van der Waals surface area (Å²) in [5.41, 5.74) is 0. The van der Waals surface area contributed by atoms with Gasteiger partial charge in [0.25, 0.3) is 0 Å². The molecule has 5 nitrogen and oxygen atoms in total. The number of esters is 1. The van der Waals surface area contributed by atoms with Crippen molar-refractivity contribution in [2.24, 2.45) is 0 Å². The van der Waals surface area contributed by atoms with Gasteiger partial charge in [0.1, 0.15) is 10.0 Å². The lowest BCUT2D eigenvalue weighted by Crippen LogP contribution is -2.39. The van der Waals surface area contributed by atoms with Crippen molar-refractivity contribution in [3.05, 3.63) is 0 Å². The second-order valence-corrected chi connectivity index (χ2v) is 5.25. The van der Waals surface area contributed by atoms with E-state index in [9.17, 15) is 9.59 Å². The van der Waals surface area contributed by atoms with Crippen LogP contribution < -0.4 is 5.32 Å². The van der Waals surface area contributed by atoms with E-state index in [2.05, 4.69) is 10.1 Å². The van der Waals surface area contributed by atoms with Crippen LogP contribution in [0.5, 0.6) is 0 Å². The fourth-order valence-corrected chi connectivity index (χ4v) is 1.99. The molecule has 1 N–H and O–H groups in total. The Morgan fingerprint density at radius 1 is 1.56 bits per heavy atom. The minimum absolute atomic E-state index is 0.144. The van der Waals surface area contributed by atoms with E-state index in [4.69, 9.17) is 4.74 Å². The Morgan fingerprint density at radius 3 is 2.75 bits per heavy atom. The van der Waals surface area contributed by atoms with Crippen molar-refractivity contribution in [3.8, 4) is 0 Å². The lowest BCUT2D eigenvalue weighted by Gasteiger charge is -2.13. The summed E-state index contributed by atoms with van der Waals surface area (Å²) in [5.74, 6) is -0.475. The number of hydrogen-bond acceptors (Lipinski definition) is 4. The summed E-state index contributed by atoms with van der Waals surface area (Å²) in [4.78, 5) is 22.7. The van der Waals surface area contributed by atoms with E-state index in [1.165, 1.54) is 7.11 Å². The van der Waals surface area contributed by atoms with Crippen molar-refractivity contribution in [2.75, 3.05) is 13.7 Å². The minimum Gasteiger partial charge on any atom is -0.468 e. The van der Waals surface area contributed by atoms with Crippen LogP contribution in [0.15, 0.2) is 0 Å². The highest BCUT2D eigenvalue weighted by Crippen LogP contribution is 2.18. The van der Waals surface area contributed by atoms with Gasteiger partial charge in [0.2, 0.25) is 5.91 Å². The number of carbonyl (C=O) groups is 2. The molecule has 3 unspecified atom stereocenters. The molecule has 0 aliphatic carbocycles. The van der Waals surface area contributed by atoms with Gasteiger partial charge >= 0.3 is 5.97 Å². The van der Waals surface area contributed by atoms with E-state index in [0.29, 0.717) is 0 Å². The third kappa shape index (κ3) is 3.89. The number of hydrogen-bond donors (Lipinski definition) is 1. The molecule has 1 heterocycles. The lowest BCUT2D eigenvalue weighted by molar-refractivity contribution is -0.139. The predicted octanol–water partition coefficient (Wildman–Crippen LogP) is 0.647. The van der Waals surface area contributed by atoms with Gasteiger partial charge in [-0.3, -0.25) is 9.59 Å². The van der Waals surface area contributed by atoms with Gasteiger partial charge in [-0.25, -0.2) is 0 Å². The fraction of sp³-hybridized carbons (Fsp3) is 0.800. The maximum atomic E-state index is 11.6. The molecule has 3 atom stereocenters. The summed E-state index contributed by atoms with van der Waals surface area (Å²) in [5, 5.41) is 2.69. The van der Waals surface area contributed by atoms with Crippen LogP contribution in [0, 0.1) is 0 Å². The Hall–Kier alpha value is -0.370. The molecule has 1 amide bonds. The van der Waals surface area contributed by atoms with E-state index in [0.717, 1.165) is 12.8 Å². The minimum atomic E-state index is -0.365. The molecule has 0 saturated carbocycles. The maximum absolute atomic E-state index is 11.6. The number of halogens is 1. The predicted molar refractivity (Wildman–Crippen MR) is 66.4 cm³/mol. The highest BCUT2D eigenvalue weighted by Gasteiger charge is 2.28. The van der Waals surface area contributed by atoms with Gasteiger partial charge in [-0.1, -0.05) is 22.6 Å². The Kier molecular flexibility index (Phi) is 5.47. The van der Waals surface area contributed by atoms with Gasteiger partial charge in [0.05, 0.1) is 13.2 Å². The first-order valence-corrected chi connectivity index (χ1v) is 6.44. The molecule has 0 aromatic rings. The molecule has 1 aliphatic heterocycles. The molecule has 0 radical (unpaired) electrons. The van der Waals surface area contributed by atoms with Crippen molar-refractivity contribution in [1.82, 2.24) is 5.32 Å². The largest absolute Gasteiger partial charge is 0.468 e. The first-order valence-electron chi connectivity index (χ1n) is 5.19. The molecule has 0 aromatic carbocycles. The third-order valence-corrected chi connectivity index (χ3v) is 3.39. The van der Waals surface area contributed by atoms with Crippen molar-refractivity contribution in [3.63, 3.8) is 0 Å². The Labute approximate surface area is 108 Å². The molecule has 92 valence electrons. The van der Waals surface area contributed by atoms with Gasteiger partial charge in [-0.15, -0.1) is 0 Å². The van der Waals surface area contributed by atoms with E-state index >= 15 is 0 Å². The van der Waals surface area contributed by atoms with E-state index in [-0.39, 0.29) is 34.6 Å². The molecular formula is C10H16INO4. The van der Waals surface area contributed by atoms with Crippen LogP contribution in [0.2, 0.25) is 0 Å². The third-order valence-electron chi connectivity index (χ3n) is 2.44. The SMILES string of the molecule is COC(=O)C(I)CNC(=O)C1CCC(C)O1. The van der Waals surface area contributed by atoms with Gasteiger partial charge < -0.3 is 14.8 Å². The maximum Gasteiger partial charge on any atom is 0.320 e. The summed E-state index contributed by atoms with van der Waals surface area (Å²) in [6.07, 6.45) is 1.43. The van der Waals surface area contributed by atoms with Crippen molar-refractivity contribution in [1.29, 1.82) is 0 Å². The molecular weight excluding hydrogens is 325 g/mol. The highest BCUT2D eigenvalue weighted by atomic mass is 127. The van der Waals surface area contributed by atoms with Crippen LogP contribution >= 0.6 is 22.6 Å². The first kappa shape index (κ1) is 13.7. The summed E-state index contributed by atoms with van der Waals surface area (Å²) < 4.78 is 9.61. The van der Waals surface area contributed by atoms with E-state index < -0.39 is 0 Å².